The van der Waals surface area contributed by atoms with Gasteiger partial charge in [0, 0.05) is 19.1 Å². The van der Waals surface area contributed by atoms with Gasteiger partial charge in [0.15, 0.2) is 0 Å². The lowest BCUT2D eigenvalue weighted by molar-refractivity contribution is 0.00976. The highest BCUT2D eigenvalue weighted by Crippen LogP contribution is 2.24. The monoisotopic (exact) mass is 226 g/mol. The van der Waals surface area contributed by atoms with Crippen molar-refractivity contribution in [1.82, 2.24) is 4.90 Å². The highest BCUT2D eigenvalue weighted by Gasteiger charge is 2.29. The molecule has 3 nitrogen and oxygen atoms in total. The van der Waals surface area contributed by atoms with E-state index in [1.54, 1.807) is 0 Å². The molecular formula is C13H26N2O. The Hall–Kier alpha value is -0.120. The molecule has 0 amide bonds. The van der Waals surface area contributed by atoms with Crippen molar-refractivity contribution in [3.8, 4) is 0 Å². The Morgan fingerprint density at radius 3 is 2.69 bits per heavy atom. The summed E-state index contributed by atoms with van der Waals surface area (Å²) in [4.78, 5) is 2.65. The molecule has 94 valence electrons. The summed E-state index contributed by atoms with van der Waals surface area (Å²) in [5.41, 5.74) is 5.64. The fraction of sp³-hybridized carbons (Fsp3) is 1.00. The zero-order valence-electron chi connectivity index (χ0n) is 10.5. The second kappa shape index (κ2) is 5.99. The standard InChI is InChI=1S/C13H26N2O/c1-2-11-5-3-4-8-15(11)10-13-7-6-12(9-14)16-13/h11-13H,2-10,14H2,1H3. The lowest BCUT2D eigenvalue weighted by Gasteiger charge is -2.36. The summed E-state index contributed by atoms with van der Waals surface area (Å²) < 4.78 is 5.94. The first-order valence-electron chi connectivity index (χ1n) is 6.93. The Labute approximate surface area is 99.3 Å². The number of nitrogens with zero attached hydrogens (tertiary/aromatic N) is 1. The van der Waals surface area contributed by atoms with Crippen LogP contribution in [0.4, 0.5) is 0 Å². The third-order valence-corrected chi connectivity index (χ3v) is 4.12. The number of ether oxygens (including phenoxy) is 1. The van der Waals surface area contributed by atoms with Crippen LogP contribution in [0.3, 0.4) is 0 Å². The first-order valence-corrected chi connectivity index (χ1v) is 6.93. The molecule has 0 aromatic rings. The molecule has 3 atom stereocenters. The van der Waals surface area contributed by atoms with Gasteiger partial charge in [0.05, 0.1) is 12.2 Å². The lowest BCUT2D eigenvalue weighted by atomic mass is 9.99. The summed E-state index contributed by atoms with van der Waals surface area (Å²) in [6.07, 6.45) is 8.57. The van der Waals surface area contributed by atoms with Crippen LogP contribution in [0.1, 0.15) is 45.4 Å². The molecule has 3 heteroatoms. The fourth-order valence-corrected chi connectivity index (χ4v) is 3.11. The van der Waals surface area contributed by atoms with E-state index in [0.29, 0.717) is 18.8 Å². The predicted molar refractivity (Wildman–Crippen MR) is 66.5 cm³/mol. The van der Waals surface area contributed by atoms with Gasteiger partial charge in [-0.15, -0.1) is 0 Å². The number of rotatable bonds is 4. The van der Waals surface area contributed by atoms with Crippen molar-refractivity contribution in [3.63, 3.8) is 0 Å². The third kappa shape index (κ3) is 2.96. The van der Waals surface area contributed by atoms with E-state index < -0.39 is 0 Å². The van der Waals surface area contributed by atoms with Crippen LogP contribution in [0.5, 0.6) is 0 Å². The average Bonchev–Trinajstić information content (AvgIpc) is 2.77. The molecule has 2 rings (SSSR count). The van der Waals surface area contributed by atoms with Crippen LogP contribution in [0.2, 0.25) is 0 Å². The van der Waals surface area contributed by atoms with Crippen molar-refractivity contribution in [1.29, 1.82) is 0 Å². The average molecular weight is 226 g/mol. The van der Waals surface area contributed by atoms with Crippen LogP contribution >= 0.6 is 0 Å². The van der Waals surface area contributed by atoms with Gasteiger partial charge in [0.2, 0.25) is 0 Å². The topological polar surface area (TPSA) is 38.5 Å². The van der Waals surface area contributed by atoms with Crippen LogP contribution < -0.4 is 5.73 Å². The van der Waals surface area contributed by atoms with Crippen LogP contribution in [-0.4, -0.2) is 42.8 Å². The molecule has 2 saturated heterocycles. The van der Waals surface area contributed by atoms with E-state index in [1.165, 1.54) is 38.6 Å². The number of likely N-dealkylation sites (tertiary alicyclic amines) is 1. The second-order valence-corrected chi connectivity index (χ2v) is 5.25. The number of hydrogen-bond donors (Lipinski definition) is 1. The van der Waals surface area contributed by atoms with Crippen molar-refractivity contribution >= 4 is 0 Å². The van der Waals surface area contributed by atoms with Gasteiger partial charge < -0.3 is 10.5 Å². The van der Waals surface area contributed by atoms with E-state index in [1.807, 2.05) is 0 Å². The van der Waals surface area contributed by atoms with E-state index in [9.17, 15) is 0 Å². The van der Waals surface area contributed by atoms with E-state index in [2.05, 4.69) is 11.8 Å². The van der Waals surface area contributed by atoms with Crippen molar-refractivity contribution in [2.45, 2.75) is 63.7 Å². The second-order valence-electron chi connectivity index (χ2n) is 5.25. The van der Waals surface area contributed by atoms with Crippen molar-refractivity contribution in [3.05, 3.63) is 0 Å². The maximum Gasteiger partial charge on any atom is 0.0707 e. The molecule has 2 heterocycles. The maximum atomic E-state index is 5.94. The molecule has 16 heavy (non-hydrogen) atoms. The first kappa shape index (κ1) is 12.3. The number of hydrogen-bond acceptors (Lipinski definition) is 3. The van der Waals surface area contributed by atoms with Crippen LogP contribution in [0, 0.1) is 0 Å². The Balaban J connectivity index is 1.79. The number of piperidine rings is 1. The van der Waals surface area contributed by atoms with Gasteiger partial charge in [-0.25, -0.2) is 0 Å². The molecule has 0 saturated carbocycles. The summed E-state index contributed by atoms with van der Waals surface area (Å²) >= 11 is 0. The van der Waals surface area contributed by atoms with Gasteiger partial charge in [-0.3, -0.25) is 4.90 Å². The van der Waals surface area contributed by atoms with Gasteiger partial charge in [-0.2, -0.15) is 0 Å². The first-order chi connectivity index (χ1) is 7.83. The normalized spacial score (nSPS) is 36.8. The SMILES string of the molecule is CCC1CCCCN1CC1CCC(CN)O1. The summed E-state index contributed by atoms with van der Waals surface area (Å²) in [6.45, 7) is 5.40. The molecule has 0 aromatic carbocycles. The summed E-state index contributed by atoms with van der Waals surface area (Å²) in [5.74, 6) is 0. The van der Waals surface area contributed by atoms with Crippen LogP contribution in [0.25, 0.3) is 0 Å². The molecular weight excluding hydrogens is 200 g/mol. The molecule has 2 fully saturated rings. The van der Waals surface area contributed by atoms with E-state index in [-0.39, 0.29) is 0 Å². The summed E-state index contributed by atoms with van der Waals surface area (Å²) in [7, 11) is 0. The van der Waals surface area contributed by atoms with E-state index in [0.717, 1.165) is 19.0 Å². The Bertz CT molecular complexity index is 210. The van der Waals surface area contributed by atoms with Gasteiger partial charge >= 0.3 is 0 Å². The van der Waals surface area contributed by atoms with Crippen molar-refractivity contribution < 1.29 is 4.74 Å². The Morgan fingerprint density at radius 1 is 1.19 bits per heavy atom. The smallest absolute Gasteiger partial charge is 0.0707 e. The zero-order chi connectivity index (χ0) is 11.4. The van der Waals surface area contributed by atoms with Crippen LogP contribution in [0.15, 0.2) is 0 Å². The summed E-state index contributed by atoms with van der Waals surface area (Å²) in [5, 5.41) is 0. The highest BCUT2D eigenvalue weighted by molar-refractivity contribution is 4.82. The maximum absolute atomic E-state index is 5.94. The fourth-order valence-electron chi connectivity index (χ4n) is 3.11. The largest absolute Gasteiger partial charge is 0.372 e. The van der Waals surface area contributed by atoms with Crippen LogP contribution in [-0.2, 0) is 4.74 Å². The molecule has 0 bridgehead atoms. The molecule has 2 aliphatic rings. The third-order valence-electron chi connectivity index (χ3n) is 4.12. The molecule has 0 radical (unpaired) electrons. The number of nitrogens with two attached hydrogens (primary N) is 1. The molecule has 2 aliphatic heterocycles. The predicted octanol–water partition coefficient (Wildman–Crippen LogP) is 1.76. The van der Waals surface area contributed by atoms with Gasteiger partial charge in [-0.1, -0.05) is 13.3 Å². The van der Waals surface area contributed by atoms with Gasteiger partial charge in [-0.05, 0) is 38.6 Å². The minimum Gasteiger partial charge on any atom is -0.372 e. The minimum absolute atomic E-state index is 0.329. The molecule has 0 spiro atoms. The van der Waals surface area contributed by atoms with E-state index >= 15 is 0 Å². The van der Waals surface area contributed by atoms with E-state index in [4.69, 9.17) is 10.5 Å². The van der Waals surface area contributed by atoms with Gasteiger partial charge in [0.1, 0.15) is 0 Å². The Kier molecular flexibility index (Phi) is 4.62. The Morgan fingerprint density at radius 2 is 2.00 bits per heavy atom. The quantitative estimate of drug-likeness (QED) is 0.794. The molecule has 0 aliphatic carbocycles. The minimum atomic E-state index is 0.329. The van der Waals surface area contributed by atoms with Crippen molar-refractivity contribution in [2.75, 3.05) is 19.6 Å². The molecule has 2 N–H and O–H groups in total. The lowest BCUT2D eigenvalue weighted by Crippen LogP contribution is -2.43. The highest BCUT2D eigenvalue weighted by atomic mass is 16.5. The van der Waals surface area contributed by atoms with Gasteiger partial charge in [0.25, 0.3) is 0 Å². The van der Waals surface area contributed by atoms with Crippen molar-refractivity contribution in [2.24, 2.45) is 5.73 Å². The molecule has 3 unspecified atom stereocenters. The zero-order valence-corrected chi connectivity index (χ0v) is 10.5. The summed E-state index contributed by atoms with van der Waals surface area (Å²) in [6, 6.07) is 0.800. The molecule has 0 aromatic heterocycles.